The summed E-state index contributed by atoms with van der Waals surface area (Å²) >= 11 is 5.73. The Bertz CT molecular complexity index is 4120. The van der Waals surface area contributed by atoms with Crippen molar-refractivity contribution >= 4 is 138 Å². The van der Waals surface area contributed by atoms with E-state index in [-0.39, 0.29) is 0 Å². The standard InChI is InChI=1S/C58H32S3/c1-2-11-34-26-37(23-20-33(34)10-1)56-42-13-3-5-15-44(42)57(45-16-6-4-14-43(45)56)38-24-25-52-47(28-38)46-18-9-17-40(58(46)61-52)36-22-21-35-30-53-48(29-39(35)27-36)50-32-54-49(31-55(50)60-53)41-12-7-8-19-51(41)59-54/h1-32H. The summed E-state index contributed by atoms with van der Waals surface area (Å²) in [5.74, 6) is 0. The zero-order chi connectivity index (χ0) is 39.8. The van der Waals surface area contributed by atoms with Crippen molar-refractivity contribution in [1.29, 1.82) is 0 Å². The molecule has 0 saturated heterocycles. The zero-order valence-corrected chi connectivity index (χ0v) is 35.1. The van der Waals surface area contributed by atoms with Gasteiger partial charge in [0.05, 0.1) is 0 Å². The van der Waals surface area contributed by atoms with Crippen molar-refractivity contribution in [2.45, 2.75) is 0 Å². The third kappa shape index (κ3) is 5.03. The molecule has 61 heavy (non-hydrogen) atoms. The number of hydrogen-bond donors (Lipinski definition) is 0. The summed E-state index contributed by atoms with van der Waals surface area (Å²) in [6.07, 6.45) is 0. The first-order chi connectivity index (χ1) is 30.2. The molecule has 0 aliphatic heterocycles. The largest absolute Gasteiger partial charge is 0.135 e. The lowest BCUT2D eigenvalue weighted by molar-refractivity contribution is 1.69. The second-order valence-corrected chi connectivity index (χ2v) is 19.6. The molecule has 0 spiro atoms. The van der Waals surface area contributed by atoms with E-state index in [1.165, 1.54) is 137 Å². The smallest absolute Gasteiger partial charge is 0.0433 e. The molecular formula is C58H32S3. The van der Waals surface area contributed by atoms with Crippen LogP contribution in [-0.4, -0.2) is 0 Å². The molecule has 14 aromatic rings. The molecule has 0 bridgehead atoms. The van der Waals surface area contributed by atoms with Crippen molar-refractivity contribution in [3.63, 3.8) is 0 Å². The highest BCUT2D eigenvalue weighted by Gasteiger charge is 2.19. The quantitative estimate of drug-likeness (QED) is 0.156. The van der Waals surface area contributed by atoms with E-state index in [9.17, 15) is 0 Å². The normalized spacial score (nSPS) is 12.3. The monoisotopic (exact) mass is 824 g/mol. The lowest BCUT2D eigenvalue weighted by atomic mass is 9.85. The maximum Gasteiger partial charge on any atom is 0.0433 e. The van der Waals surface area contributed by atoms with Crippen molar-refractivity contribution in [2.24, 2.45) is 0 Å². The molecule has 0 radical (unpaired) electrons. The fourth-order valence-corrected chi connectivity index (χ4v) is 13.7. The van der Waals surface area contributed by atoms with Crippen LogP contribution in [0, 0.1) is 0 Å². The molecule has 0 unspecified atom stereocenters. The average Bonchev–Trinajstić information content (AvgIpc) is 3.99. The van der Waals surface area contributed by atoms with Crippen LogP contribution >= 0.6 is 34.0 Å². The first-order valence-corrected chi connectivity index (χ1v) is 23.3. The van der Waals surface area contributed by atoms with E-state index in [0.717, 1.165) is 0 Å². The highest BCUT2D eigenvalue weighted by molar-refractivity contribution is 7.27. The molecule has 14 rings (SSSR count). The lowest BCUT2D eigenvalue weighted by Crippen LogP contribution is -1.91. The van der Waals surface area contributed by atoms with Gasteiger partial charge in [0.25, 0.3) is 0 Å². The molecule has 0 fully saturated rings. The van der Waals surface area contributed by atoms with Crippen LogP contribution in [0.15, 0.2) is 194 Å². The highest BCUT2D eigenvalue weighted by Crippen LogP contribution is 2.48. The maximum absolute atomic E-state index is 2.45. The fourth-order valence-electron chi connectivity index (χ4n) is 10.2. The molecule has 0 aliphatic carbocycles. The molecule has 0 aliphatic rings. The second-order valence-electron chi connectivity index (χ2n) is 16.4. The van der Waals surface area contributed by atoms with E-state index >= 15 is 0 Å². The Kier molecular flexibility index (Phi) is 7.12. The predicted molar refractivity (Wildman–Crippen MR) is 271 cm³/mol. The molecule has 0 saturated carbocycles. The Morgan fingerprint density at radius 1 is 0.230 bits per heavy atom. The van der Waals surface area contributed by atoms with E-state index in [0.29, 0.717) is 0 Å². The number of rotatable bonds is 3. The first-order valence-electron chi connectivity index (χ1n) is 20.8. The van der Waals surface area contributed by atoms with Crippen LogP contribution in [-0.2, 0) is 0 Å². The lowest BCUT2D eigenvalue weighted by Gasteiger charge is -2.18. The summed E-state index contributed by atoms with van der Waals surface area (Å²) in [6, 6.07) is 73.1. The van der Waals surface area contributed by atoms with Gasteiger partial charge in [-0.05, 0) is 131 Å². The van der Waals surface area contributed by atoms with E-state index < -0.39 is 0 Å². The van der Waals surface area contributed by atoms with Gasteiger partial charge in [0.15, 0.2) is 0 Å². The van der Waals surface area contributed by atoms with Gasteiger partial charge < -0.3 is 0 Å². The number of benzene rings is 11. The molecule has 11 aromatic carbocycles. The van der Waals surface area contributed by atoms with Crippen LogP contribution in [0.1, 0.15) is 0 Å². The SMILES string of the molecule is c1ccc2cc(-c3c4ccccc4c(-c4ccc5sc6c(-c7ccc8cc9sc%10cc%11c(cc%10c9cc8c7)sc7ccccc7%11)cccc6c5c4)c4ccccc34)ccc2c1. The Labute approximate surface area is 362 Å². The van der Waals surface area contributed by atoms with E-state index in [4.69, 9.17) is 0 Å². The minimum absolute atomic E-state index is 1.25. The van der Waals surface area contributed by atoms with E-state index in [2.05, 4.69) is 194 Å². The van der Waals surface area contributed by atoms with Gasteiger partial charge in [0.2, 0.25) is 0 Å². The molecule has 0 nitrogen and oxygen atoms in total. The highest BCUT2D eigenvalue weighted by atomic mass is 32.1. The molecular weight excluding hydrogens is 793 g/mol. The van der Waals surface area contributed by atoms with Crippen molar-refractivity contribution < 1.29 is 0 Å². The van der Waals surface area contributed by atoms with Gasteiger partial charge in [-0.3, -0.25) is 0 Å². The summed E-state index contributed by atoms with van der Waals surface area (Å²) in [7, 11) is 0. The van der Waals surface area contributed by atoms with Gasteiger partial charge in [-0.25, -0.2) is 0 Å². The summed E-state index contributed by atoms with van der Waals surface area (Å²) in [6.45, 7) is 0. The molecule has 0 N–H and O–H groups in total. The second kappa shape index (κ2) is 12.8. The van der Waals surface area contributed by atoms with Crippen LogP contribution in [0.4, 0.5) is 0 Å². The zero-order valence-electron chi connectivity index (χ0n) is 32.7. The van der Waals surface area contributed by atoms with Crippen molar-refractivity contribution in [1.82, 2.24) is 0 Å². The molecule has 3 aromatic heterocycles. The predicted octanol–water partition coefficient (Wildman–Crippen LogP) is 18.4. The van der Waals surface area contributed by atoms with Gasteiger partial charge in [0, 0.05) is 60.5 Å². The van der Waals surface area contributed by atoms with Gasteiger partial charge in [-0.15, -0.1) is 34.0 Å². The third-order valence-electron chi connectivity index (χ3n) is 13.0. The van der Waals surface area contributed by atoms with Gasteiger partial charge >= 0.3 is 0 Å². The Balaban J connectivity index is 0.921. The average molecular weight is 825 g/mol. The van der Waals surface area contributed by atoms with Crippen LogP contribution in [0.3, 0.4) is 0 Å². The van der Waals surface area contributed by atoms with Crippen molar-refractivity contribution in [2.75, 3.05) is 0 Å². The summed E-state index contributed by atoms with van der Waals surface area (Å²) in [5.41, 5.74) is 7.64. The number of fused-ring (bicyclic) bond motifs is 13. The molecule has 3 heteroatoms. The minimum atomic E-state index is 1.25. The molecule has 282 valence electrons. The molecule has 0 amide bonds. The van der Waals surface area contributed by atoms with Crippen LogP contribution in [0.5, 0.6) is 0 Å². The Morgan fingerprint density at radius 3 is 1.49 bits per heavy atom. The Morgan fingerprint density at radius 2 is 0.721 bits per heavy atom. The van der Waals surface area contributed by atoms with Gasteiger partial charge in [0.1, 0.15) is 0 Å². The van der Waals surface area contributed by atoms with Gasteiger partial charge in [-0.1, -0.05) is 140 Å². The minimum Gasteiger partial charge on any atom is -0.135 e. The maximum atomic E-state index is 2.45. The fraction of sp³-hybridized carbons (Fsp3) is 0. The number of hydrogen-bond acceptors (Lipinski definition) is 3. The molecule has 3 heterocycles. The van der Waals surface area contributed by atoms with Crippen molar-refractivity contribution in [3.05, 3.63) is 194 Å². The van der Waals surface area contributed by atoms with E-state index in [1.807, 2.05) is 34.0 Å². The van der Waals surface area contributed by atoms with E-state index in [1.54, 1.807) is 0 Å². The number of thiophene rings is 3. The van der Waals surface area contributed by atoms with Crippen LogP contribution in [0.2, 0.25) is 0 Å². The van der Waals surface area contributed by atoms with Crippen LogP contribution < -0.4 is 0 Å². The molecule has 0 atom stereocenters. The first kappa shape index (κ1) is 33.9. The summed E-state index contributed by atoms with van der Waals surface area (Å²) in [5, 5.41) is 18.3. The van der Waals surface area contributed by atoms with Crippen molar-refractivity contribution in [3.8, 4) is 33.4 Å². The topological polar surface area (TPSA) is 0 Å². The summed E-state index contributed by atoms with van der Waals surface area (Å²) < 4.78 is 8.08. The van der Waals surface area contributed by atoms with Gasteiger partial charge in [-0.2, -0.15) is 0 Å². The Hall–Kier alpha value is -6.88. The van der Waals surface area contributed by atoms with Crippen LogP contribution in [0.25, 0.3) is 137 Å². The summed E-state index contributed by atoms with van der Waals surface area (Å²) in [4.78, 5) is 0. The third-order valence-corrected chi connectivity index (χ3v) is 16.5.